The molecule has 1 saturated carbocycles. The van der Waals surface area contributed by atoms with Crippen LogP contribution >= 0.6 is 0 Å². The number of alkyl halides is 2. The van der Waals surface area contributed by atoms with Gasteiger partial charge in [-0.15, -0.1) is 0 Å². The lowest BCUT2D eigenvalue weighted by Crippen LogP contribution is -2.35. The van der Waals surface area contributed by atoms with Crippen molar-refractivity contribution in [1.29, 1.82) is 0 Å². The Hall–Kier alpha value is -1.32. The Kier molecular flexibility index (Phi) is 4.51. The molecule has 0 heterocycles. The summed E-state index contributed by atoms with van der Waals surface area (Å²) in [5.74, 6) is 0.880. The number of ether oxygens (including phenoxy) is 1. The standard InChI is InChI=1S/C16H23F2NO/c1-11-7-13(10-16(2,3)9-11)19-12-5-4-6-14(8-12)20-15(17)18/h4-6,8,11,13,15,19H,7,9-10H2,1-3H3. The Labute approximate surface area is 119 Å². The molecule has 1 aliphatic rings. The number of benzene rings is 1. The predicted octanol–water partition coefficient (Wildman–Crippen LogP) is 4.91. The maximum atomic E-state index is 12.2. The van der Waals surface area contributed by atoms with Gasteiger partial charge in [0, 0.05) is 17.8 Å². The molecule has 4 heteroatoms. The summed E-state index contributed by atoms with van der Waals surface area (Å²) in [5, 5.41) is 3.46. The van der Waals surface area contributed by atoms with Gasteiger partial charge in [-0.2, -0.15) is 8.78 Å². The van der Waals surface area contributed by atoms with Gasteiger partial charge in [-0.25, -0.2) is 0 Å². The first-order chi connectivity index (χ1) is 9.34. The van der Waals surface area contributed by atoms with Crippen LogP contribution in [-0.4, -0.2) is 12.7 Å². The minimum atomic E-state index is -2.78. The smallest absolute Gasteiger partial charge is 0.387 e. The zero-order valence-corrected chi connectivity index (χ0v) is 12.3. The van der Waals surface area contributed by atoms with Gasteiger partial charge in [0.25, 0.3) is 0 Å². The first-order valence-corrected chi connectivity index (χ1v) is 7.15. The number of anilines is 1. The van der Waals surface area contributed by atoms with E-state index in [1.165, 1.54) is 6.42 Å². The molecular weight excluding hydrogens is 260 g/mol. The third kappa shape index (κ3) is 4.36. The Morgan fingerprint density at radius 3 is 2.70 bits per heavy atom. The number of hydrogen-bond acceptors (Lipinski definition) is 2. The monoisotopic (exact) mass is 283 g/mol. The summed E-state index contributed by atoms with van der Waals surface area (Å²) in [5.41, 5.74) is 1.17. The number of rotatable bonds is 4. The average molecular weight is 283 g/mol. The molecule has 2 nitrogen and oxygen atoms in total. The molecule has 2 unspecified atom stereocenters. The molecule has 0 radical (unpaired) electrons. The van der Waals surface area contributed by atoms with Crippen molar-refractivity contribution >= 4 is 5.69 Å². The largest absolute Gasteiger partial charge is 0.435 e. The quantitative estimate of drug-likeness (QED) is 0.847. The Morgan fingerprint density at radius 1 is 1.30 bits per heavy atom. The SMILES string of the molecule is CC1CC(Nc2cccc(OC(F)F)c2)CC(C)(C)C1. The van der Waals surface area contributed by atoms with E-state index in [0.717, 1.165) is 18.5 Å². The third-order valence-electron chi connectivity index (χ3n) is 3.82. The van der Waals surface area contributed by atoms with Crippen LogP contribution in [0.15, 0.2) is 24.3 Å². The lowest BCUT2D eigenvalue weighted by molar-refractivity contribution is -0.0498. The zero-order valence-electron chi connectivity index (χ0n) is 12.3. The van der Waals surface area contributed by atoms with Gasteiger partial charge in [0.05, 0.1) is 0 Å². The highest BCUT2D eigenvalue weighted by molar-refractivity contribution is 5.49. The van der Waals surface area contributed by atoms with Gasteiger partial charge >= 0.3 is 6.61 Å². The fourth-order valence-electron chi connectivity index (χ4n) is 3.45. The molecule has 0 saturated heterocycles. The Morgan fingerprint density at radius 2 is 2.05 bits per heavy atom. The summed E-state index contributed by atoms with van der Waals surface area (Å²) in [7, 11) is 0. The average Bonchev–Trinajstić information content (AvgIpc) is 2.24. The molecular formula is C16H23F2NO. The van der Waals surface area contributed by atoms with Crippen LogP contribution in [0.2, 0.25) is 0 Å². The maximum absolute atomic E-state index is 12.2. The molecule has 1 fully saturated rings. The van der Waals surface area contributed by atoms with E-state index in [-0.39, 0.29) is 5.75 Å². The van der Waals surface area contributed by atoms with E-state index in [1.54, 1.807) is 18.2 Å². The zero-order chi connectivity index (χ0) is 14.8. The molecule has 2 atom stereocenters. The van der Waals surface area contributed by atoms with Crippen LogP contribution in [0.3, 0.4) is 0 Å². The van der Waals surface area contributed by atoms with E-state index in [0.29, 0.717) is 17.4 Å². The normalized spacial score (nSPS) is 25.5. The predicted molar refractivity (Wildman–Crippen MR) is 77.3 cm³/mol. The van der Waals surface area contributed by atoms with Crippen LogP contribution in [0.1, 0.15) is 40.0 Å². The summed E-state index contributed by atoms with van der Waals surface area (Å²) in [6.07, 6.45) is 3.44. The maximum Gasteiger partial charge on any atom is 0.387 e. The second-order valence-electron chi connectivity index (χ2n) is 6.66. The summed E-state index contributed by atoms with van der Waals surface area (Å²) < 4.78 is 28.9. The van der Waals surface area contributed by atoms with Crippen LogP contribution in [0.4, 0.5) is 14.5 Å². The van der Waals surface area contributed by atoms with Gasteiger partial charge < -0.3 is 10.1 Å². The van der Waals surface area contributed by atoms with E-state index in [2.05, 4.69) is 30.8 Å². The molecule has 112 valence electrons. The summed E-state index contributed by atoms with van der Waals surface area (Å²) >= 11 is 0. The Bertz CT molecular complexity index is 448. The molecule has 1 N–H and O–H groups in total. The summed E-state index contributed by atoms with van der Waals surface area (Å²) in [4.78, 5) is 0. The third-order valence-corrected chi connectivity index (χ3v) is 3.82. The summed E-state index contributed by atoms with van der Waals surface area (Å²) in [6, 6.07) is 7.20. The van der Waals surface area contributed by atoms with Crippen LogP contribution in [0.5, 0.6) is 5.75 Å². The van der Waals surface area contributed by atoms with E-state index in [4.69, 9.17) is 0 Å². The Balaban J connectivity index is 2.02. The van der Waals surface area contributed by atoms with Gasteiger partial charge in [-0.3, -0.25) is 0 Å². The van der Waals surface area contributed by atoms with Gasteiger partial charge in [-0.05, 0) is 42.7 Å². The highest BCUT2D eigenvalue weighted by Crippen LogP contribution is 2.39. The van der Waals surface area contributed by atoms with Crippen LogP contribution < -0.4 is 10.1 Å². The van der Waals surface area contributed by atoms with E-state index in [1.807, 2.05) is 6.07 Å². The van der Waals surface area contributed by atoms with Crippen LogP contribution in [0, 0.1) is 11.3 Å². The molecule has 0 spiro atoms. The molecule has 0 bridgehead atoms. The first kappa shape index (κ1) is 15.1. The highest BCUT2D eigenvalue weighted by Gasteiger charge is 2.31. The van der Waals surface area contributed by atoms with E-state index in [9.17, 15) is 8.78 Å². The van der Waals surface area contributed by atoms with Crippen molar-refractivity contribution in [3.05, 3.63) is 24.3 Å². The molecule has 1 aromatic carbocycles. The van der Waals surface area contributed by atoms with E-state index < -0.39 is 6.61 Å². The van der Waals surface area contributed by atoms with Gasteiger partial charge in [-0.1, -0.05) is 26.8 Å². The van der Waals surface area contributed by atoms with Crippen molar-refractivity contribution < 1.29 is 13.5 Å². The van der Waals surface area contributed by atoms with Crippen molar-refractivity contribution in [2.75, 3.05) is 5.32 Å². The van der Waals surface area contributed by atoms with Crippen molar-refractivity contribution in [3.63, 3.8) is 0 Å². The van der Waals surface area contributed by atoms with Crippen molar-refractivity contribution in [2.45, 2.75) is 52.7 Å². The van der Waals surface area contributed by atoms with Gasteiger partial charge in [0.15, 0.2) is 0 Å². The molecule has 2 rings (SSSR count). The molecule has 1 aromatic rings. The topological polar surface area (TPSA) is 21.3 Å². The molecule has 0 amide bonds. The molecule has 20 heavy (non-hydrogen) atoms. The minimum Gasteiger partial charge on any atom is -0.435 e. The fourth-order valence-corrected chi connectivity index (χ4v) is 3.45. The van der Waals surface area contributed by atoms with Gasteiger partial charge in [0.2, 0.25) is 0 Å². The van der Waals surface area contributed by atoms with Crippen molar-refractivity contribution in [1.82, 2.24) is 0 Å². The van der Waals surface area contributed by atoms with Gasteiger partial charge in [0.1, 0.15) is 5.75 Å². The van der Waals surface area contributed by atoms with Crippen LogP contribution in [-0.2, 0) is 0 Å². The second kappa shape index (κ2) is 5.98. The van der Waals surface area contributed by atoms with E-state index >= 15 is 0 Å². The highest BCUT2D eigenvalue weighted by atomic mass is 19.3. The van der Waals surface area contributed by atoms with Crippen molar-refractivity contribution in [2.24, 2.45) is 11.3 Å². The summed E-state index contributed by atoms with van der Waals surface area (Å²) in [6.45, 7) is 4.06. The minimum absolute atomic E-state index is 0.202. The lowest BCUT2D eigenvalue weighted by Gasteiger charge is -2.39. The first-order valence-electron chi connectivity index (χ1n) is 7.15. The molecule has 0 aromatic heterocycles. The number of halogens is 2. The van der Waals surface area contributed by atoms with Crippen LogP contribution in [0.25, 0.3) is 0 Å². The molecule has 1 aliphatic carbocycles. The molecule has 0 aliphatic heterocycles. The number of hydrogen-bond donors (Lipinski definition) is 1. The number of nitrogens with one attached hydrogen (secondary N) is 1. The fraction of sp³-hybridized carbons (Fsp3) is 0.625. The second-order valence-corrected chi connectivity index (χ2v) is 6.66. The van der Waals surface area contributed by atoms with Crippen molar-refractivity contribution in [3.8, 4) is 5.75 Å². The lowest BCUT2D eigenvalue weighted by atomic mass is 9.70.